The van der Waals surface area contributed by atoms with Crippen LogP contribution < -0.4 is 10.5 Å². The van der Waals surface area contributed by atoms with Crippen molar-refractivity contribution in [3.05, 3.63) is 22.7 Å². The van der Waals surface area contributed by atoms with Crippen molar-refractivity contribution >= 4 is 11.6 Å². The third-order valence-corrected chi connectivity index (χ3v) is 3.11. The summed E-state index contributed by atoms with van der Waals surface area (Å²) in [5.41, 5.74) is 6.91. The maximum Gasteiger partial charge on any atom is 0.160 e. The van der Waals surface area contributed by atoms with Gasteiger partial charge in [-0.25, -0.2) is 0 Å². The van der Waals surface area contributed by atoms with Crippen LogP contribution in [0.4, 0.5) is 0 Å². The summed E-state index contributed by atoms with van der Waals surface area (Å²) in [4.78, 5) is 0. The van der Waals surface area contributed by atoms with Crippen LogP contribution in [0.1, 0.15) is 24.4 Å². The molecule has 0 aliphatic heterocycles. The fraction of sp³-hybridized carbons (Fsp3) is 0.455. The van der Waals surface area contributed by atoms with Gasteiger partial charge in [0, 0.05) is 17.1 Å². The number of phenolic OH excluding ortho intramolecular Hbond substituents is 1. The first-order valence-electron chi connectivity index (χ1n) is 4.95. The lowest BCUT2D eigenvalue weighted by molar-refractivity contribution is 0.372. The van der Waals surface area contributed by atoms with Gasteiger partial charge < -0.3 is 15.6 Å². The van der Waals surface area contributed by atoms with E-state index in [9.17, 15) is 5.11 Å². The summed E-state index contributed by atoms with van der Waals surface area (Å²) in [5, 5.41) is 10.0. The summed E-state index contributed by atoms with van der Waals surface area (Å²) in [6, 6.07) is 3.16. The molecular weight excluding hydrogens is 214 g/mol. The van der Waals surface area contributed by atoms with Crippen LogP contribution >= 0.6 is 11.6 Å². The summed E-state index contributed by atoms with van der Waals surface area (Å²) < 4.78 is 5.03. The average molecular weight is 228 g/mol. The molecule has 0 amide bonds. The predicted octanol–water partition coefficient (Wildman–Crippen LogP) is 2.46. The Morgan fingerprint density at radius 2 is 2.20 bits per heavy atom. The normalized spacial score (nSPS) is 17.5. The van der Waals surface area contributed by atoms with Gasteiger partial charge in [-0.05, 0) is 30.4 Å². The minimum Gasteiger partial charge on any atom is -0.504 e. The van der Waals surface area contributed by atoms with Gasteiger partial charge in [0.25, 0.3) is 0 Å². The minimum atomic E-state index is -0.0491. The Morgan fingerprint density at radius 1 is 1.53 bits per heavy atom. The maximum atomic E-state index is 9.50. The molecule has 4 heteroatoms. The molecule has 1 saturated carbocycles. The quantitative estimate of drug-likeness (QED) is 0.834. The number of hydrogen-bond acceptors (Lipinski definition) is 3. The molecule has 3 N–H and O–H groups in total. The van der Waals surface area contributed by atoms with Crippen LogP contribution in [0.5, 0.6) is 11.5 Å². The van der Waals surface area contributed by atoms with Crippen molar-refractivity contribution in [3.8, 4) is 11.5 Å². The molecule has 1 aliphatic carbocycles. The van der Waals surface area contributed by atoms with E-state index in [1.54, 1.807) is 6.07 Å². The Bertz CT molecular complexity index is 377. The lowest BCUT2D eigenvalue weighted by Crippen LogP contribution is -2.13. The SMILES string of the molecule is COc1cc(C(N)C2CC2)c(Cl)cc1O. The third-order valence-electron chi connectivity index (χ3n) is 2.79. The average Bonchev–Trinajstić information content (AvgIpc) is 3.00. The topological polar surface area (TPSA) is 55.5 Å². The van der Waals surface area contributed by atoms with Crippen molar-refractivity contribution in [2.75, 3.05) is 7.11 Å². The Hall–Kier alpha value is -0.930. The first-order valence-corrected chi connectivity index (χ1v) is 5.33. The van der Waals surface area contributed by atoms with Gasteiger partial charge in [0.2, 0.25) is 0 Å². The molecule has 0 spiro atoms. The van der Waals surface area contributed by atoms with E-state index in [0.717, 1.165) is 18.4 Å². The van der Waals surface area contributed by atoms with Crippen molar-refractivity contribution in [3.63, 3.8) is 0 Å². The molecule has 1 aromatic carbocycles. The number of benzene rings is 1. The smallest absolute Gasteiger partial charge is 0.160 e. The highest BCUT2D eigenvalue weighted by Crippen LogP contribution is 2.43. The van der Waals surface area contributed by atoms with Gasteiger partial charge in [-0.15, -0.1) is 0 Å². The fourth-order valence-corrected chi connectivity index (χ4v) is 1.97. The number of hydrogen-bond donors (Lipinski definition) is 2. The first kappa shape index (κ1) is 10.6. The van der Waals surface area contributed by atoms with Crippen LogP contribution in [0, 0.1) is 5.92 Å². The van der Waals surface area contributed by atoms with Crippen molar-refractivity contribution < 1.29 is 9.84 Å². The van der Waals surface area contributed by atoms with Gasteiger partial charge in [-0.1, -0.05) is 11.6 Å². The van der Waals surface area contributed by atoms with E-state index in [4.69, 9.17) is 22.1 Å². The van der Waals surface area contributed by atoms with Crippen LogP contribution in [0.25, 0.3) is 0 Å². The Labute approximate surface area is 93.8 Å². The van der Waals surface area contributed by atoms with E-state index >= 15 is 0 Å². The number of aromatic hydroxyl groups is 1. The minimum absolute atomic E-state index is 0.0491. The number of rotatable bonds is 3. The number of methoxy groups -OCH3 is 1. The zero-order valence-corrected chi connectivity index (χ0v) is 9.29. The van der Waals surface area contributed by atoms with E-state index in [1.165, 1.54) is 13.2 Å². The predicted molar refractivity (Wildman–Crippen MR) is 59.3 cm³/mol. The molecule has 0 saturated heterocycles. The highest BCUT2D eigenvalue weighted by Gasteiger charge is 2.31. The van der Waals surface area contributed by atoms with Gasteiger partial charge in [0.1, 0.15) is 0 Å². The molecule has 1 aromatic rings. The first-order chi connectivity index (χ1) is 7.13. The zero-order valence-electron chi connectivity index (χ0n) is 8.53. The Balaban J connectivity index is 2.36. The van der Waals surface area contributed by atoms with Crippen LogP contribution in [0.3, 0.4) is 0 Å². The molecule has 0 bridgehead atoms. The Morgan fingerprint density at radius 3 is 2.73 bits per heavy atom. The number of phenols is 1. The standard InChI is InChI=1S/C11H14ClNO2/c1-15-10-4-7(8(12)5-9(10)14)11(13)6-2-3-6/h4-6,11,14H,2-3,13H2,1H3. The highest BCUT2D eigenvalue weighted by molar-refractivity contribution is 6.31. The summed E-state index contributed by atoms with van der Waals surface area (Å²) >= 11 is 6.03. The van der Waals surface area contributed by atoms with E-state index in [-0.39, 0.29) is 11.8 Å². The van der Waals surface area contributed by atoms with E-state index < -0.39 is 0 Å². The second-order valence-corrected chi connectivity index (χ2v) is 4.32. The summed E-state index contributed by atoms with van der Waals surface area (Å²) in [7, 11) is 1.51. The monoisotopic (exact) mass is 227 g/mol. The largest absolute Gasteiger partial charge is 0.504 e. The Kier molecular flexibility index (Phi) is 2.76. The van der Waals surface area contributed by atoms with Crippen molar-refractivity contribution in [2.45, 2.75) is 18.9 Å². The van der Waals surface area contributed by atoms with Crippen molar-refractivity contribution in [2.24, 2.45) is 11.7 Å². The van der Waals surface area contributed by atoms with Crippen molar-refractivity contribution in [1.82, 2.24) is 0 Å². The van der Waals surface area contributed by atoms with E-state index in [1.807, 2.05) is 0 Å². The van der Waals surface area contributed by atoms with Crippen LogP contribution in [0.2, 0.25) is 5.02 Å². The second kappa shape index (κ2) is 3.91. The van der Waals surface area contributed by atoms with Crippen LogP contribution in [0.15, 0.2) is 12.1 Å². The summed E-state index contributed by atoms with van der Waals surface area (Å²) in [6.45, 7) is 0. The molecular formula is C11H14ClNO2. The van der Waals surface area contributed by atoms with Crippen molar-refractivity contribution in [1.29, 1.82) is 0 Å². The molecule has 0 heterocycles. The molecule has 0 aromatic heterocycles. The van der Waals surface area contributed by atoms with Gasteiger partial charge in [0.05, 0.1) is 7.11 Å². The molecule has 1 fully saturated rings. The van der Waals surface area contributed by atoms with Gasteiger partial charge in [0.15, 0.2) is 11.5 Å². The van der Waals surface area contributed by atoms with Crippen LogP contribution in [-0.4, -0.2) is 12.2 Å². The maximum absolute atomic E-state index is 9.50. The van der Waals surface area contributed by atoms with Gasteiger partial charge >= 0.3 is 0 Å². The summed E-state index contributed by atoms with van der Waals surface area (Å²) in [5.74, 6) is 0.997. The lowest BCUT2D eigenvalue weighted by Gasteiger charge is -2.14. The van der Waals surface area contributed by atoms with Gasteiger partial charge in [-0.2, -0.15) is 0 Å². The second-order valence-electron chi connectivity index (χ2n) is 3.91. The number of ether oxygens (including phenoxy) is 1. The molecule has 2 rings (SSSR count). The number of nitrogens with two attached hydrogens (primary N) is 1. The molecule has 1 atom stereocenters. The fourth-order valence-electron chi connectivity index (χ4n) is 1.69. The zero-order chi connectivity index (χ0) is 11.0. The molecule has 3 nitrogen and oxygen atoms in total. The van der Waals surface area contributed by atoms with E-state index in [2.05, 4.69) is 0 Å². The third kappa shape index (κ3) is 2.03. The van der Waals surface area contributed by atoms with E-state index in [0.29, 0.717) is 16.7 Å². The molecule has 1 aliphatic rings. The summed E-state index contributed by atoms with van der Waals surface area (Å²) in [6.07, 6.45) is 2.31. The molecule has 1 unspecified atom stereocenters. The lowest BCUT2D eigenvalue weighted by atomic mass is 10.0. The molecule has 82 valence electrons. The van der Waals surface area contributed by atoms with Gasteiger partial charge in [-0.3, -0.25) is 0 Å². The van der Waals surface area contributed by atoms with Crippen LogP contribution in [-0.2, 0) is 0 Å². The highest BCUT2D eigenvalue weighted by atomic mass is 35.5. The molecule has 0 radical (unpaired) electrons. The number of halogens is 1. The molecule has 15 heavy (non-hydrogen) atoms.